The van der Waals surface area contributed by atoms with Crippen molar-refractivity contribution in [2.24, 2.45) is 11.8 Å². The highest BCUT2D eigenvalue weighted by Gasteiger charge is 2.51. The standard InChI is InChI=1S/C23H30OSi/c1-18(2)22-16-19(22)17-24-25(23(3,4)5,20-12-8-6-9-13-20)21-14-10-7-11-15-21/h6-15,19,22H,1,16-17H2,2-5H3/t19-,22+/m0/s1. The van der Waals surface area contributed by atoms with Gasteiger partial charge in [0.2, 0.25) is 0 Å². The van der Waals surface area contributed by atoms with Gasteiger partial charge in [0.25, 0.3) is 8.32 Å². The highest BCUT2D eigenvalue weighted by Crippen LogP contribution is 2.45. The summed E-state index contributed by atoms with van der Waals surface area (Å²) in [4.78, 5) is 0. The average Bonchev–Trinajstić information content (AvgIpc) is 3.36. The predicted molar refractivity (Wildman–Crippen MR) is 110 cm³/mol. The summed E-state index contributed by atoms with van der Waals surface area (Å²) in [7, 11) is -2.37. The van der Waals surface area contributed by atoms with Gasteiger partial charge in [0.15, 0.2) is 0 Å². The largest absolute Gasteiger partial charge is 0.407 e. The highest BCUT2D eigenvalue weighted by atomic mass is 28.4. The average molecular weight is 351 g/mol. The molecule has 0 aromatic heterocycles. The minimum Gasteiger partial charge on any atom is -0.407 e. The molecule has 0 N–H and O–H groups in total. The zero-order valence-corrected chi connectivity index (χ0v) is 17.0. The lowest BCUT2D eigenvalue weighted by Crippen LogP contribution is -2.66. The predicted octanol–water partition coefficient (Wildman–Crippen LogP) is 4.78. The van der Waals surface area contributed by atoms with Crippen molar-refractivity contribution >= 4 is 18.7 Å². The first kappa shape index (κ1) is 18.2. The number of rotatable bonds is 6. The Balaban J connectivity index is 2.02. The van der Waals surface area contributed by atoms with Crippen LogP contribution in [-0.2, 0) is 4.43 Å². The first-order valence-electron chi connectivity index (χ1n) is 9.26. The lowest BCUT2D eigenvalue weighted by molar-refractivity contribution is 0.276. The summed E-state index contributed by atoms with van der Waals surface area (Å²) in [5.74, 6) is 1.29. The van der Waals surface area contributed by atoms with Gasteiger partial charge in [-0.1, -0.05) is 93.6 Å². The summed E-state index contributed by atoms with van der Waals surface area (Å²) < 4.78 is 6.97. The van der Waals surface area contributed by atoms with Crippen LogP contribution < -0.4 is 10.4 Å². The van der Waals surface area contributed by atoms with Crippen LogP contribution in [0.2, 0.25) is 5.04 Å². The van der Waals surface area contributed by atoms with Gasteiger partial charge in [-0.2, -0.15) is 0 Å². The van der Waals surface area contributed by atoms with Crippen LogP contribution in [-0.4, -0.2) is 14.9 Å². The van der Waals surface area contributed by atoms with Gasteiger partial charge in [-0.25, -0.2) is 0 Å². The van der Waals surface area contributed by atoms with Crippen molar-refractivity contribution in [3.63, 3.8) is 0 Å². The van der Waals surface area contributed by atoms with Crippen molar-refractivity contribution in [1.82, 2.24) is 0 Å². The van der Waals surface area contributed by atoms with Crippen LogP contribution in [0, 0.1) is 11.8 Å². The number of hydrogen-bond donors (Lipinski definition) is 0. The quantitative estimate of drug-likeness (QED) is 0.538. The summed E-state index contributed by atoms with van der Waals surface area (Å²) in [5, 5.41) is 2.78. The third-order valence-corrected chi connectivity index (χ3v) is 10.5. The van der Waals surface area contributed by atoms with E-state index in [1.165, 1.54) is 22.4 Å². The van der Waals surface area contributed by atoms with E-state index in [0.717, 1.165) is 6.61 Å². The van der Waals surface area contributed by atoms with E-state index >= 15 is 0 Å². The zero-order valence-electron chi connectivity index (χ0n) is 16.0. The monoisotopic (exact) mass is 350 g/mol. The molecule has 0 spiro atoms. The molecule has 0 aliphatic heterocycles. The molecule has 1 saturated carbocycles. The maximum Gasteiger partial charge on any atom is 0.261 e. The van der Waals surface area contributed by atoms with E-state index in [9.17, 15) is 0 Å². The van der Waals surface area contributed by atoms with E-state index in [1.807, 2.05) is 0 Å². The molecule has 0 saturated heterocycles. The second-order valence-corrected chi connectivity index (χ2v) is 12.7. The minimum atomic E-state index is -2.37. The molecule has 1 fully saturated rings. The lowest BCUT2D eigenvalue weighted by atomic mass is 10.2. The van der Waals surface area contributed by atoms with E-state index in [4.69, 9.17) is 4.43 Å². The number of hydrogen-bond acceptors (Lipinski definition) is 1. The second-order valence-electron chi connectivity index (χ2n) is 8.42. The minimum absolute atomic E-state index is 0.0588. The summed E-state index contributed by atoms with van der Waals surface area (Å²) >= 11 is 0. The Bertz CT molecular complexity index is 675. The van der Waals surface area contributed by atoms with E-state index in [2.05, 4.69) is 94.9 Å². The van der Waals surface area contributed by atoms with Crippen LogP contribution in [0.15, 0.2) is 72.8 Å². The van der Waals surface area contributed by atoms with Crippen LogP contribution in [0.4, 0.5) is 0 Å². The van der Waals surface area contributed by atoms with Gasteiger partial charge in [-0.05, 0) is 40.6 Å². The van der Waals surface area contributed by atoms with Gasteiger partial charge in [0.05, 0.1) is 0 Å². The molecule has 0 amide bonds. The van der Waals surface area contributed by atoms with Gasteiger partial charge in [0, 0.05) is 6.61 Å². The molecular formula is C23H30OSi. The fourth-order valence-electron chi connectivity index (χ4n) is 4.03. The molecule has 2 aromatic rings. The smallest absolute Gasteiger partial charge is 0.261 e. The molecule has 0 bridgehead atoms. The third-order valence-electron chi connectivity index (χ3n) is 5.49. The van der Waals surface area contributed by atoms with Gasteiger partial charge < -0.3 is 4.43 Å². The van der Waals surface area contributed by atoms with Crippen LogP contribution >= 0.6 is 0 Å². The Morgan fingerprint density at radius 3 is 1.84 bits per heavy atom. The lowest BCUT2D eigenvalue weighted by Gasteiger charge is -2.43. The van der Waals surface area contributed by atoms with Crippen LogP contribution in [0.25, 0.3) is 0 Å². The maximum atomic E-state index is 6.97. The molecule has 3 rings (SSSR count). The van der Waals surface area contributed by atoms with Crippen LogP contribution in [0.3, 0.4) is 0 Å². The van der Waals surface area contributed by atoms with Gasteiger partial charge in [-0.15, -0.1) is 0 Å². The summed E-state index contributed by atoms with van der Waals surface area (Å²) in [5.41, 5.74) is 1.30. The SMILES string of the molecule is C=C(C)[C@H]1C[C@H]1CO[Si](c1ccccc1)(c1ccccc1)C(C)(C)C. The Labute approximate surface area is 153 Å². The molecule has 25 heavy (non-hydrogen) atoms. The van der Waals surface area contributed by atoms with E-state index < -0.39 is 8.32 Å². The molecule has 1 nitrogen and oxygen atoms in total. The van der Waals surface area contributed by atoms with Crippen LogP contribution in [0.1, 0.15) is 34.1 Å². The van der Waals surface area contributed by atoms with Crippen LogP contribution in [0.5, 0.6) is 0 Å². The normalized spacial score (nSPS) is 20.3. The summed E-state index contributed by atoms with van der Waals surface area (Å²) in [6, 6.07) is 21.8. The van der Waals surface area contributed by atoms with Gasteiger partial charge in [-0.3, -0.25) is 0 Å². The summed E-state index contributed by atoms with van der Waals surface area (Å²) in [6.07, 6.45) is 1.23. The molecule has 0 unspecified atom stereocenters. The molecule has 2 aromatic carbocycles. The Hall–Kier alpha value is -1.64. The molecule has 0 heterocycles. The Morgan fingerprint density at radius 1 is 1.00 bits per heavy atom. The zero-order chi connectivity index (χ0) is 18.1. The molecule has 2 atom stereocenters. The third kappa shape index (κ3) is 3.51. The first-order valence-corrected chi connectivity index (χ1v) is 11.2. The van der Waals surface area contributed by atoms with Crippen molar-refractivity contribution in [1.29, 1.82) is 0 Å². The molecule has 0 radical (unpaired) electrons. The first-order chi connectivity index (χ1) is 11.9. The van der Waals surface area contributed by atoms with Crippen molar-refractivity contribution in [3.8, 4) is 0 Å². The Kier molecular flexibility index (Phi) is 5.03. The van der Waals surface area contributed by atoms with Crippen molar-refractivity contribution in [3.05, 3.63) is 72.8 Å². The molecular weight excluding hydrogens is 320 g/mol. The molecule has 1 aliphatic carbocycles. The molecule has 2 heteroatoms. The highest BCUT2D eigenvalue weighted by molar-refractivity contribution is 6.99. The van der Waals surface area contributed by atoms with E-state index in [-0.39, 0.29) is 5.04 Å². The van der Waals surface area contributed by atoms with E-state index in [0.29, 0.717) is 11.8 Å². The molecule has 1 aliphatic rings. The Morgan fingerprint density at radius 2 is 1.48 bits per heavy atom. The fourth-order valence-corrected chi connectivity index (χ4v) is 8.65. The maximum absolute atomic E-state index is 6.97. The van der Waals surface area contributed by atoms with E-state index in [1.54, 1.807) is 0 Å². The van der Waals surface area contributed by atoms with Crippen molar-refractivity contribution in [2.75, 3.05) is 6.61 Å². The van der Waals surface area contributed by atoms with Gasteiger partial charge in [0.1, 0.15) is 0 Å². The summed E-state index contributed by atoms with van der Waals surface area (Å²) in [6.45, 7) is 14.1. The van der Waals surface area contributed by atoms with Gasteiger partial charge >= 0.3 is 0 Å². The second kappa shape index (κ2) is 6.93. The van der Waals surface area contributed by atoms with Crippen molar-refractivity contribution in [2.45, 2.75) is 39.2 Å². The van der Waals surface area contributed by atoms with Crippen molar-refractivity contribution < 1.29 is 4.43 Å². The number of allylic oxidation sites excluding steroid dienone is 1. The number of benzene rings is 2. The topological polar surface area (TPSA) is 9.23 Å². The fraction of sp³-hybridized carbons (Fsp3) is 0.391. The molecule has 132 valence electrons.